The predicted molar refractivity (Wildman–Crippen MR) is 108 cm³/mol. The highest BCUT2D eigenvalue weighted by Gasteiger charge is 2.24. The third-order valence-corrected chi connectivity index (χ3v) is 5.58. The molecule has 0 radical (unpaired) electrons. The van der Waals surface area contributed by atoms with E-state index in [4.69, 9.17) is 9.26 Å². The van der Waals surface area contributed by atoms with Gasteiger partial charge in [-0.1, -0.05) is 61.2 Å². The minimum Gasteiger partial charge on any atom is -0.492 e. The summed E-state index contributed by atoms with van der Waals surface area (Å²) in [5.41, 5.74) is 0.728. The molecular weight excluding hydrogens is 382 g/mol. The van der Waals surface area contributed by atoms with Crippen molar-refractivity contribution in [2.45, 2.75) is 49.6 Å². The van der Waals surface area contributed by atoms with E-state index in [9.17, 15) is 0 Å². The van der Waals surface area contributed by atoms with Gasteiger partial charge in [0.15, 0.2) is 10.2 Å². The van der Waals surface area contributed by atoms with Crippen molar-refractivity contribution >= 4 is 33.9 Å². The summed E-state index contributed by atoms with van der Waals surface area (Å²) in [6.45, 7) is 10.8. The number of aromatic nitrogens is 4. The standard InChI is InChI=1S/C18H23N5O2S2/c1-6-24-13-10-8-7-9-12(13)19-16-21-22-17(27-16)26-11(2)14-20-15(23-25-14)18(3,4)5/h7-11H,6H2,1-5H3,(H,19,21)/t11-/m1/s1. The number of ether oxygens (including phenoxy) is 1. The SMILES string of the molecule is CCOc1ccccc1Nc1nnc(S[C@H](C)c2nc(C(C)(C)C)no2)s1. The molecule has 0 saturated heterocycles. The minimum atomic E-state index is -0.139. The lowest BCUT2D eigenvalue weighted by molar-refractivity contribution is 0.342. The van der Waals surface area contributed by atoms with Crippen LogP contribution in [0.3, 0.4) is 0 Å². The first-order chi connectivity index (χ1) is 12.9. The molecule has 1 atom stereocenters. The molecule has 0 aliphatic heterocycles. The van der Waals surface area contributed by atoms with Crippen molar-refractivity contribution in [3.63, 3.8) is 0 Å². The van der Waals surface area contributed by atoms with Gasteiger partial charge in [-0.05, 0) is 26.0 Å². The fourth-order valence-electron chi connectivity index (χ4n) is 2.18. The van der Waals surface area contributed by atoms with Crippen molar-refractivity contribution in [1.29, 1.82) is 0 Å². The minimum absolute atomic E-state index is 0.00916. The van der Waals surface area contributed by atoms with Crippen LogP contribution >= 0.6 is 23.1 Å². The van der Waals surface area contributed by atoms with Crippen LogP contribution in [0.2, 0.25) is 0 Å². The van der Waals surface area contributed by atoms with Gasteiger partial charge in [0.2, 0.25) is 11.0 Å². The number of hydrogen-bond acceptors (Lipinski definition) is 9. The van der Waals surface area contributed by atoms with Gasteiger partial charge in [-0.25, -0.2) is 0 Å². The van der Waals surface area contributed by atoms with E-state index < -0.39 is 0 Å². The molecule has 0 saturated carbocycles. The lowest BCUT2D eigenvalue weighted by Gasteiger charge is -2.11. The highest BCUT2D eigenvalue weighted by Crippen LogP contribution is 2.38. The van der Waals surface area contributed by atoms with Crippen LogP contribution in [-0.4, -0.2) is 26.9 Å². The number of anilines is 2. The second kappa shape index (κ2) is 8.26. The fourth-order valence-corrected chi connectivity index (χ4v) is 4.12. The van der Waals surface area contributed by atoms with Gasteiger partial charge in [-0.3, -0.25) is 0 Å². The van der Waals surface area contributed by atoms with Crippen LogP contribution in [0.25, 0.3) is 0 Å². The lowest BCUT2D eigenvalue weighted by atomic mass is 9.96. The second-order valence-corrected chi connectivity index (χ2v) is 9.46. The van der Waals surface area contributed by atoms with Crippen LogP contribution in [0.5, 0.6) is 5.75 Å². The molecule has 3 aromatic rings. The quantitative estimate of drug-likeness (QED) is 0.536. The number of hydrogen-bond donors (Lipinski definition) is 1. The van der Waals surface area contributed by atoms with E-state index >= 15 is 0 Å². The molecule has 3 rings (SSSR count). The fraction of sp³-hybridized carbons (Fsp3) is 0.444. The Morgan fingerprint density at radius 1 is 1.26 bits per heavy atom. The van der Waals surface area contributed by atoms with Crippen molar-refractivity contribution in [3.8, 4) is 5.75 Å². The molecule has 0 fully saturated rings. The number of nitrogens with one attached hydrogen (secondary N) is 1. The summed E-state index contributed by atoms with van der Waals surface area (Å²) in [6.07, 6.45) is 0. The summed E-state index contributed by atoms with van der Waals surface area (Å²) in [6, 6.07) is 7.77. The maximum atomic E-state index is 5.63. The van der Waals surface area contributed by atoms with Gasteiger partial charge in [0.05, 0.1) is 17.5 Å². The summed E-state index contributed by atoms with van der Waals surface area (Å²) in [4.78, 5) is 4.51. The first-order valence-corrected chi connectivity index (χ1v) is 10.4. The van der Waals surface area contributed by atoms with Gasteiger partial charge in [-0.2, -0.15) is 4.98 Å². The van der Waals surface area contributed by atoms with Crippen molar-refractivity contribution in [1.82, 2.24) is 20.3 Å². The first kappa shape index (κ1) is 19.6. The van der Waals surface area contributed by atoms with Crippen molar-refractivity contribution in [2.24, 2.45) is 0 Å². The largest absolute Gasteiger partial charge is 0.492 e. The molecule has 0 aliphatic carbocycles. The molecule has 1 aromatic carbocycles. The topological polar surface area (TPSA) is 86.0 Å². The number of benzene rings is 1. The van der Waals surface area contributed by atoms with E-state index in [1.54, 1.807) is 11.8 Å². The molecular formula is C18H23N5O2S2. The van der Waals surface area contributed by atoms with E-state index in [-0.39, 0.29) is 10.7 Å². The molecule has 9 heteroatoms. The molecule has 0 aliphatic rings. The molecule has 0 bridgehead atoms. The predicted octanol–water partition coefficient (Wildman–Crippen LogP) is 5.21. The zero-order chi connectivity index (χ0) is 19.4. The smallest absolute Gasteiger partial charge is 0.239 e. The Hall–Kier alpha value is -2.13. The number of rotatable bonds is 7. The van der Waals surface area contributed by atoms with Crippen LogP contribution in [0.4, 0.5) is 10.8 Å². The summed E-state index contributed by atoms with van der Waals surface area (Å²) >= 11 is 3.02. The van der Waals surface area contributed by atoms with Gasteiger partial charge >= 0.3 is 0 Å². The maximum absolute atomic E-state index is 5.63. The summed E-state index contributed by atoms with van der Waals surface area (Å²) < 4.78 is 11.9. The van der Waals surface area contributed by atoms with Crippen LogP contribution in [0.1, 0.15) is 51.6 Å². The first-order valence-electron chi connectivity index (χ1n) is 8.70. The van der Waals surface area contributed by atoms with Gasteiger partial charge in [-0.15, -0.1) is 10.2 Å². The Balaban J connectivity index is 1.67. The summed E-state index contributed by atoms with van der Waals surface area (Å²) in [5, 5.41) is 16.5. The molecule has 144 valence electrons. The monoisotopic (exact) mass is 405 g/mol. The third-order valence-electron chi connectivity index (χ3n) is 3.57. The van der Waals surface area contributed by atoms with Crippen molar-refractivity contribution in [2.75, 3.05) is 11.9 Å². The highest BCUT2D eigenvalue weighted by atomic mass is 32.2. The third kappa shape index (κ3) is 4.98. The Bertz CT molecular complexity index is 888. The summed E-state index contributed by atoms with van der Waals surface area (Å²) in [7, 11) is 0. The zero-order valence-electron chi connectivity index (χ0n) is 16.0. The molecule has 0 amide bonds. The van der Waals surface area contributed by atoms with Gasteiger partial charge in [0.25, 0.3) is 0 Å². The Kier molecular flexibility index (Phi) is 6.01. The van der Waals surface area contributed by atoms with Gasteiger partial charge < -0.3 is 14.6 Å². The van der Waals surface area contributed by atoms with Gasteiger partial charge in [0.1, 0.15) is 5.75 Å². The maximum Gasteiger partial charge on any atom is 0.239 e. The van der Waals surface area contributed by atoms with E-state index in [0.29, 0.717) is 23.5 Å². The molecule has 27 heavy (non-hydrogen) atoms. The molecule has 1 N–H and O–H groups in total. The zero-order valence-corrected chi connectivity index (χ0v) is 17.6. The van der Waals surface area contributed by atoms with E-state index in [1.807, 2.05) is 38.1 Å². The number of para-hydroxylation sites is 2. The Labute approximate surface area is 166 Å². The lowest BCUT2D eigenvalue weighted by Crippen LogP contribution is -2.13. The van der Waals surface area contributed by atoms with Crippen LogP contribution < -0.4 is 10.1 Å². The average molecular weight is 406 g/mol. The van der Waals surface area contributed by atoms with E-state index in [2.05, 4.69) is 46.4 Å². The normalized spacial score (nSPS) is 12.8. The van der Waals surface area contributed by atoms with Gasteiger partial charge in [0, 0.05) is 5.41 Å². The Morgan fingerprint density at radius 3 is 2.74 bits per heavy atom. The Morgan fingerprint density at radius 2 is 2.04 bits per heavy atom. The number of nitrogens with zero attached hydrogens (tertiary/aromatic N) is 4. The van der Waals surface area contributed by atoms with Crippen LogP contribution in [0, 0.1) is 0 Å². The second-order valence-electron chi connectivity index (χ2n) is 6.89. The van der Waals surface area contributed by atoms with E-state index in [0.717, 1.165) is 15.8 Å². The van der Waals surface area contributed by atoms with E-state index in [1.165, 1.54) is 11.3 Å². The molecule has 2 aromatic heterocycles. The summed E-state index contributed by atoms with van der Waals surface area (Å²) in [5.74, 6) is 2.09. The number of thioether (sulfide) groups is 1. The average Bonchev–Trinajstić information content (AvgIpc) is 3.26. The molecule has 7 nitrogen and oxygen atoms in total. The molecule has 0 unspecified atom stereocenters. The molecule has 2 heterocycles. The van der Waals surface area contributed by atoms with Crippen LogP contribution in [0.15, 0.2) is 33.1 Å². The van der Waals surface area contributed by atoms with Crippen molar-refractivity contribution in [3.05, 3.63) is 36.0 Å². The highest BCUT2D eigenvalue weighted by molar-refractivity contribution is 8.01. The van der Waals surface area contributed by atoms with Crippen LogP contribution in [-0.2, 0) is 5.41 Å². The van der Waals surface area contributed by atoms with Crippen molar-refractivity contribution < 1.29 is 9.26 Å². The molecule has 0 spiro atoms.